The van der Waals surface area contributed by atoms with E-state index in [2.05, 4.69) is 0 Å². The van der Waals surface area contributed by atoms with Gasteiger partial charge in [-0.1, -0.05) is 29.3 Å². The Morgan fingerprint density at radius 1 is 1.05 bits per heavy atom. The monoisotopic (exact) mass is 301 g/mol. The van der Waals surface area contributed by atoms with Crippen molar-refractivity contribution in [1.82, 2.24) is 0 Å². The summed E-state index contributed by atoms with van der Waals surface area (Å²) in [6.07, 6.45) is 0.206. The van der Waals surface area contributed by atoms with E-state index in [9.17, 15) is 8.78 Å². The second kappa shape index (κ2) is 5.87. The lowest BCUT2D eigenvalue weighted by Gasteiger charge is -2.15. The molecule has 0 amide bonds. The van der Waals surface area contributed by atoms with Crippen molar-refractivity contribution in [1.29, 1.82) is 0 Å². The van der Waals surface area contributed by atoms with E-state index < -0.39 is 17.7 Å². The fourth-order valence-electron chi connectivity index (χ4n) is 1.90. The van der Waals surface area contributed by atoms with Gasteiger partial charge in [-0.3, -0.25) is 0 Å². The van der Waals surface area contributed by atoms with Crippen molar-refractivity contribution in [3.05, 3.63) is 69.2 Å². The van der Waals surface area contributed by atoms with Crippen LogP contribution < -0.4 is 5.73 Å². The number of benzene rings is 2. The molecule has 0 bridgehead atoms. The normalized spacial score (nSPS) is 12.5. The molecule has 0 aliphatic rings. The van der Waals surface area contributed by atoms with Crippen molar-refractivity contribution in [2.75, 3.05) is 0 Å². The van der Waals surface area contributed by atoms with Gasteiger partial charge in [0, 0.05) is 21.7 Å². The molecule has 0 radical (unpaired) electrons. The minimum Gasteiger partial charge on any atom is -0.324 e. The third kappa shape index (κ3) is 3.24. The Labute approximate surface area is 119 Å². The predicted molar refractivity (Wildman–Crippen MR) is 73.5 cm³/mol. The first-order valence-corrected chi connectivity index (χ1v) is 6.38. The molecule has 0 aliphatic carbocycles. The lowest BCUT2D eigenvalue weighted by atomic mass is 9.99. The molecule has 1 atom stereocenters. The van der Waals surface area contributed by atoms with Crippen LogP contribution in [0.1, 0.15) is 17.2 Å². The lowest BCUT2D eigenvalue weighted by molar-refractivity contribution is 0.578. The van der Waals surface area contributed by atoms with Crippen LogP contribution in [-0.4, -0.2) is 0 Å². The van der Waals surface area contributed by atoms with Crippen LogP contribution in [0.25, 0.3) is 0 Å². The highest BCUT2D eigenvalue weighted by Gasteiger charge is 2.17. The summed E-state index contributed by atoms with van der Waals surface area (Å²) in [5.41, 5.74) is 6.68. The van der Waals surface area contributed by atoms with Crippen molar-refractivity contribution in [3.63, 3.8) is 0 Å². The Morgan fingerprint density at radius 3 is 2.47 bits per heavy atom. The maximum atomic E-state index is 13.7. The Kier molecular flexibility index (Phi) is 4.40. The summed E-state index contributed by atoms with van der Waals surface area (Å²) >= 11 is 11.9. The molecule has 1 unspecified atom stereocenters. The summed E-state index contributed by atoms with van der Waals surface area (Å²) in [6.45, 7) is 0. The van der Waals surface area contributed by atoms with Crippen molar-refractivity contribution in [2.45, 2.75) is 12.5 Å². The van der Waals surface area contributed by atoms with Gasteiger partial charge in [0.1, 0.15) is 11.6 Å². The van der Waals surface area contributed by atoms with E-state index in [1.807, 2.05) is 0 Å². The first kappa shape index (κ1) is 14.3. The molecule has 1 nitrogen and oxygen atoms in total. The van der Waals surface area contributed by atoms with Crippen LogP contribution in [-0.2, 0) is 6.42 Å². The van der Waals surface area contributed by atoms with Gasteiger partial charge in [0.15, 0.2) is 0 Å². The summed E-state index contributed by atoms with van der Waals surface area (Å²) in [4.78, 5) is 0. The van der Waals surface area contributed by atoms with Crippen LogP contribution in [0.4, 0.5) is 8.78 Å². The number of hydrogen-bond donors (Lipinski definition) is 1. The first-order valence-electron chi connectivity index (χ1n) is 5.62. The molecule has 0 spiro atoms. The molecule has 2 rings (SSSR count). The molecule has 0 aromatic heterocycles. The smallest absolute Gasteiger partial charge is 0.129 e. The Bertz CT molecular complexity index is 582. The minimum atomic E-state index is -0.687. The van der Waals surface area contributed by atoms with E-state index in [1.165, 1.54) is 30.3 Å². The van der Waals surface area contributed by atoms with Crippen molar-refractivity contribution >= 4 is 23.2 Å². The SMILES string of the molecule is NC(Cc1cc(F)ccc1Cl)c1c(F)cccc1Cl. The molecular weight excluding hydrogens is 291 g/mol. The van der Waals surface area contributed by atoms with E-state index in [4.69, 9.17) is 28.9 Å². The van der Waals surface area contributed by atoms with Gasteiger partial charge in [-0.05, 0) is 42.3 Å². The van der Waals surface area contributed by atoms with Gasteiger partial charge in [-0.25, -0.2) is 8.78 Å². The van der Waals surface area contributed by atoms with Gasteiger partial charge in [-0.2, -0.15) is 0 Å². The number of halogens is 4. The number of hydrogen-bond acceptors (Lipinski definition) is 1. The van der Waals surface area contributed by atoms with Crippen LogP contribution in [0.3, 0.4) is 0 Å². The second-order valence-electron chi connectivity index (χ2n) is 4.18. The molecule has 0 saturated heterocycles. The summed E-state index contributed by atoms with van der Waals surface area (Å²) in [6, 6.07) is 7.66. The highest BCUT2D eigenvalue weighted by Crippen LogP contribution is 2.29. The van der Waals surface area contributed by atoms with Gasteiger partial charge < -0.3 is 5.73 Å². The highest BCUT2D eigenvalue weighted by atomic mass is 35.5. The van der Waals surface area contributed by atoms with Gasteiger partial charge in [0.2, 0.25) is 0 Å². The Morgan fingerprint density at radius 2 is 1.79 bits per heavy atom. The summed E-state index contributed by atoms with van der Waals surface area (Å²) in [7, 11) is 0. The molecule has 2 aromatic carbocycles. The van der Waals surface area contributed by atoms with Crippen LogP contribution in [0, 0.1) is 11.6 Å². The standard InChI is InChI=1S/C14H11Cl2F2N/c15-10-5-4-9(17)6-8(10)7-13(19)14-11(16)2-1-3-12(14)18/h1-6,13H,7,19H2. The van der Waals surface area contributed by atoms with Crippen LogP contribution >= 0.6 is 23.2 Å². The number of rotatable bonds is 3. The van der Waals surface area contributed by atoms with E-state index in [1.54, 1.807) is 6.07 Å². The predicted octanol–water partition coefficient (Wildman–Crippen LogP) is 4.51. The molecule has 0 fully saturated rings. The van der Waals surface area contributed by atoms with Crippen LogP contribution in [0.15, 0.2) is 36.4 Å². The van der Waals surface area contributed by atoms with E-state index in [-0.39, 0.29) is 17.0 Å². The van der Waals surface area contributed by atoms with Gasteiger partial charge >= 0.3 is 0 Å². The summed E-state index contributed by atoms with van der Waals surface area (Å²) in [5, 5.41) is 0.643. The average Bonchev–Trinajstić information content (AvgIpc) is 2.33. The first-order chi connectivity index (χ1) is 8.99. The average molecular weight is 302 g/mol. The molecule has 19 heavy (non-hydrogen) atoms. The maximum Gasteiger partial charge on any atom is 0.129 e. The van der Waals surface area contributed by atoms with Crippen molar-refractivity contribution in [3.8, 4) is 0 Å². The quantitative estimate of drug-likeness (QED) is 0.886. The zero-order valence-electron chi connectivity index (χ0n) is 9.84. The third-order valence-corrected chi connectivity index (χ3v) is 3.52. The largest absolute Gasteiger partial charge is 0.324 e. The van der Waals surface area contributed by atoms with Crippen molar-refractivity contribution < 1.29 is 8.78 Å². The summed E-state index contributed by atoms with van der Waals surface area (Å²) < 4.78 is 26.9. The zero-order valence-corrected chi connectivity index (χ0v) is 11.3. The molecular formula is C14H11Cl2F2N. The lowest BCUT2D eigenvalue weighted by Crippen LogP contribution is -2.16. The van der Waals surface area contributed by atoms with Crippen molar-refractivity contribution in [2.24, 2.45) is 5.73 Å². The highest BCUT2D eigenvalue weighted by molar-refractivity contribution is 6.31. The second-order valence-corrected chi connectivity index (χ2v) is 5.00. The molecule has 0 aliphatic heterocycles. The Balaban J connectivity index is 2.31. The molecule has 0 heterocycles. The molecule has 100 valence electrons. The van der Waals surface area contributed by atoms with Gasteiger partial charge in [0.25, 0.3) is 0 Å². The van der Waals surface area contributed by atoms with Crippen LogP contribution in [0.5, 0.6) is 0 Å². The van der Waals surface area contributed by atoms with E-state index in [0.717, 1.165) is 0 Å². The minimum absolute atomic E-state index is 0.206. The molecule has 2 N–H and O–H groups in total. The number of nitrogens with two attached hydrogens (primary N) is 1. The Hall–Kier alpha value is -1.16. The van der Waals surface area contributed by atoms with Gasteiger partial charge in [0.05, 0.1) is 0 Å². The fraction of sp³-hybridized carbons (Fsp3) is 0.143. The van der Waals surface area contributed by atoms with Gasteiger partial charge in [-0.15, -0.1) is 0 Å². The topological polar surface area (TPSA) is 26.0 Å². The fourth-order valence-corrected chi connectivity index (χ4v) is 2.40. The third-order valence-electron chi connectivity index (χ3n) is 2.82. The van der Waals surface area contributed by atoms with Crippen LogP contribution in [0.2, 0.25) is 10.0 Å². The zero-order chi connectivity index (χ0) is 14.0. The molecule has 2 aromatic rings. The van der Waals surface area contributed by atoms with E-state index in [0.29, 0.717) is 10.6 Å². The molecule has 0 saturated carbocycles. The maximum absolute atomic E-state index is 13.7. The molecule has 5 heteroatoms. The summed E-state index contributed by atoms with van der Waals surface area (Å²) in [5.74, 6) is -0.890. The van der Waals surface area contributed by atoms with E-state index >= 15 is 0 Å².